The monoisotopic (exact) mass is 380 g/mol. The number of hydrogen-bond acceptors (Lipinski definition) is 3. The van der Waals surface area contributed by atoms with Gasteiger partial charge in [-0.2, -0.15) is 0 Å². The second-order valence-corrected chi connectivity index (χ2v) is 10.7. The molecule has 28 heavy (non-hydrogen) atoms. The van der Waals surface area contributed by atoms with Crippen molar-refractivity contribution in [1.29, 1.82) is 0 Å². The van der Waals surface area contributed by atoms with E-state index >= 15 is 0 Å². The molecule has 4 saturated carbocycles. The van der Waals surface area contributed by atoms with Crippen molar-refractivity contribution in [2.24, 2.45) is 29.1 Å². The summed E-state index contributed by atoms with van der Waals surface area (Å²) in [5, 5.41) is 4.24. The molecule has 2 unspecified atom stereocenters. The molecule has 1 aromatic carbocycles. The summed E-state index contributed by atoms with van der Waals surface area (Å²) in [6, 6.07) is 11.3. The fourth-order valence-corrected chi connectivity index (χ4v) is 8.76. The van der Waals surface area contributed by atoms with Crippen LogP contribution in [0.4, 0.5) is 0 Å². The molecule has 4 aliphatic carbocycles. The Hall–Kier alpha value is -0.900. The Bertz CT molecular complexity index is 662. The lowest BCUT2D eigenvalue weighted by Crippen LogP contribution is -2.73. The van der Waals surface area contributed by atoms with Gasteiger partial charge in [-0.05, 0) is 87.1 Å². The van der Waals surface area contributed by atoms with E-state index in [9.17, 15) is 0 Å². The van der Waals surface area contributed by atoms with Crippen LogP contribution < -0.4 is 5.32 Å². The van der Waals surface area contributed by atoms with E-state index in [1.54, 1.807) is 0 Å². The smallest absolute Gasteiger partial charge is 0.0804 e. The van der Waals surface area contributed by atoms with Crippen LogP contribution in [-0.2, 0) is 11.2 Å². The molecule has 2 heterocycles. The number of nitrogens with one attached hydrogen (secondary N) is 1. The molecule has 0 radical (unpaired) electrons. The Kier molecular flexibility index (Phi) is 4.36. The highest BCUT2D eigenvalue weighted by Crippen LogP contribution is 2.66. The highest BCUT2D eigenvalue weighted by molar-refractivity contribution is 5.22. The molecular weight excluding hydrogens is 344 g/mol. The van der Waals surface area contributed by atoms with Gasteiger partial charge in [-0.1, -0.05) is 30.3 Å². The predicted molar refractivity (Wildman–Crippen MR) is 112 cm³/mol. The SMILES string of the molecule is c1ccc(CC2CCNC2(N2CCOCC2)C23CC4CC(CC(C4)C2)C3)cc1. The van der Waals surface area contributed by atoms with E-state index in [4.69, 9.17) is 4.74 Å². The molecule has 7 rings (SSSR count). The van der Waals surface area contributed by atoms with Gasteiger partial charge in [0.2, 0.25) is 0 Å². The molecule has 6 aliphatic rings. The van der Waals surface area contributed by atoms with Crippen molar-refractivity contribution >= 4 is 0 Å². The van der Waals surface area contributed by atoms with Crippen LogP contribution in [0, 0.1) is 29.1 Å². The zero-order valence-corrected chi connectivity index (χ0v) is 17.2. The minimum absolute atomic E-state index is 0.197. The van der Waals surface area contributed by atoms with Crippen molar-refractivity contribution in [2.45, 2.75) is 57.0 Å². The van der Waals surface area contributed by atoms with Gasteiger partial charge in [-0.15, -0.1) is 0 Å². The zero-order valence-electron chi connectivity index (χ0n) is 17.2. The van der Waals surface area contributed by atoms with Crippen molar-refractivity contribution in [1.82, 2.24) is 10.2 Å². The molecule has 2 atom stereocenters. The Balaban J connectivity index is 1.41. The standard InChI is InChI=1S/C25H36N2O/c1-2-4-19(5-3-1)15-23-6-7-26-25(23,27-8-10-28-11-9-27)24-16-20-12-21(17-24)14-22(13-20)18-24/h1-5,20-23,26H,6-18H2. The van der Waals surface area contributed by atoms with E-state index in [-0.39, 0.29) is 5.66 Å². The summed E-state index contributed by atoms with van der Waals surface area (Å²) in [5.41, 5.74) is 2.22. The second-order valence-electron chi connectivity index (χ2n) is 10.7. The maximum atomic E-state index is 5.81. The van der Waals surface area contributed by atoms with Crippen LogP contribution in [0.15, 0.2) is 30.3 Å². The maximum Gasteiger partial charge on any atom is 0.0804 e. The first-order valence-electron chi connectivity index (χ1n) is 11.9. The summed E-state index contributed by atoms with van der Waals surface area (Å²) >= 11 is 0. The van der Waals surface area contributed by atoms with Crippen LogP contribution in [0.25, 0.3) is 0 Å². The molecule has 4 bridgehead atoms. The minimum Gasteiger partial charge on any atom is -0.379 e. The largest absolute Gasteiger partial charge is 0.379 e. The molecule has 152 valence electrons. The number of morpholine rings is 1. The van der Waals surface area contributed by atoms with Crippen LogP contribution in [0.2, 0.25) is 0 Å². The third-order valence-corrected chi connectivity index (χ3v) is 9.16. The highest BCUT2D eigenvalue weighted by atomic mass is 16.5. The second kappa shape index (κ2) is 6.82. The van der Waals surface area contributed by atoms with E-state index in [1.807, 2.05) is 0 Å². The third kappa shape index (κ3) is 2.66. The maximum absolute atomic E-state index is 5.81. The average Bonchev–Trinajstić information content (AvgIpc) is 3.13. The molecule has 0 aromatic heterocycles. The molecule has 1 aromatic rings. The lowest BCUT2D eigenvalue weighted by Gasteiger charge is -2.67. The molecule has 2 saturated heterocycles. The van der Waals surface area contributed by atoms with Gasteiger partial charge in [0.05, 0.1) is 18.9 Å². The van der Waals surface area contributed by atoms with Gasteiger partial charge in [0.25, 0.3) is 0 Å². The van der Waals surface area contributed by atoms with Crippen molar-refractivity contribution in [3.8, 4) is 0 Å². The Labute approximate surface area is 170 Å². The predicted octanol–water partition coefficient (Wildman–Crippen LogP) is 4.08. The van der Waals surface area contributed by atoms with E-state index in [2.05, 4.69) is 40.5 Å². The summed E-state index contributed by atoms with van der Waals surface area (Å²) < 4.78 is 5.81. The van der Waals surface area contributed by atoms with Crippen LogP contribution >= 0.6 is 0 Å². The van der Waals surface area contributed by atoms with Gasteiger partial charge < -0.3 is 4.74 Å². The fourth-order valence-electron chi connectivity index (χ4n) is 8.76. The molecule has 0 amide bonds. The van der Waals surface area contributed by atoms with E-state index in [0.717, 1.165) is 50.0 Å². The molecular formula is C25H36N2O. The molecule has 0 spiro atoms. The van der Waals surface area contributed by atoms with E-state index < -0.39 is 0 Å². The topological polar surface area (TPSA) is 24.5 Å². The number of rotatable bonds is 4. The Morgan fingerprint density at radius 2 is 1.57 bits per heavy atom. The average molecular weight is 381 g/mol. The van der Waals surface area contributed by atoms with Crippen molar-refractivity contribution < 1.29 is 4.74 Å². The Morgan fingerprint density at radius 3 is 2.21 bits per heavy atom. The number of ether oxygens (including phenoxy) is 1. The number of benzene rings is 1. The van der Waals surface area contributed by atoms with Crippen LogP contribution in [0.3, 0.4) is 0 Å². The summed E-state index contributed by atoms with van der Waals surface area (Å²) in [5.74, 6) is 3.74. The number of hydrogen-bond donors (Lipinski definition) is 1. The lowest BCUT2D eigenvalue weighted by atomic mass is 9.44. The van der Waals surface area contributed by atoms with E-state index in [1.165, 1.54) is 63.5 Å². The van der Waals surface area contributed by atoms with Gasteiger partial charge in [-0.3, -0.25) is 10.2 Å². The first kappa shape index (κ1) is 17.9. The normalized spacial score (nSPS) is 45.6. The first-order valence-corrected chi connectivity index (χ1v) is 11.9. The molecule has 3 heteroatoms. The fraction of sp³-hybridized carbons (Fsp3) is 0.760. The van der Waals surface area contributed by atoms with Crippen molar-refractivity contribution in [2.75, 3.05) is 32.8 Å². The third-order valence-electron chi connectivity index (χ3n) is 9.16. The zero-order chi connectivity index (χ0) is 18.6. The molecule has 2 aliphatic heterocycles. The van der Waals surface area contributed by atoms with Crippen molar-refractivity contribution in [3.05, 3.63) is 35.9 Å². The van der Waals surface area contributed by atoms with Crippen molar-refractivity contribution in [3.63, 3.8) is 0 Å². The van der Waals surface area contributed by atoms with Crippen LogP contribution in [0.5, 0.6) is 0 Å². The molecule has 3 nitrogen and oxygen atoms in total. The summed E-state index contributed by atoms with van der Waals surface area (Å²) in [6.45, 7) is 5.23. The minimum atomic E-state index is 0.197. The molecule has 1 N–H and O–H groups in total. The quantitative estimate of drug-likeness (QED) is 0.852. The van der Waals surface area contributed by atoms with Gasteiger partial charge in [-0.25, -0.2) is 0 Å². The summed E-state index contributed by atoms with van der Waals surface area (Å²) in [4.78, 5) is 2.88. The first-order chi connectivity index (χ1) is 13.8. The summed E-state index contributed by atoms with van der Waals surface area (Å²) in [7, 11) is 0. The van der Waals surface area contributed by atoms with Gasteiger partial charge in [0.1, 0.15) is 0 Å². The number of nitrogens with zero attached hydrogens (tertiary/aromatic N) is 1. The van der Waals surface area contributed by atoms with Gasteiger partial charge in [0.15, 0.2) is 0 Å². The summed E-state index contributed by atoms with van der Waals surface area (Å²) in [6.07, 6.45) is 11.6. The highest BCUT2D eigenvalue weighted by Gasteiger charge is 2.65. The van der Waals surface area contributed by atoms with Gasteiger partial charge >= 0.3 is 0 Å². The van der Waals surface area contributed by atoms with Crippen LogP contribution in [0.1, 0.15) is 50.5 Å². The lowest BCUT2D eigenvalue weighted by molar-refractivity contribution is -0.187. The van der Waals surface area contributed by atoms with E-state index in [0.29, 0.717) is 5.41 Å². The van der Waals surface area contributed by atoms with Crippen LogP contribution in [-0.4, -0.2) is 43.4 Å². The Morgan fingerprint density at radius 1 is 0.929 bits per heavy atom. The van der Waals surface area contributed by atoms with Gasteiger partial charge in [0, 0.05) is 18.5 Å². The molecule has 6 fully saturated rings.